The zero-order chi connectivity index (χ0) is 14.7. The molecule has 1 fully saturated rings. The van der Waals surface area contributed by atoms with Crippen molar-refractivity contribution in [3.63, 3.8) is 0 Å². The van der Waals surface area contributed by atoms with Crippen molar-refractivity contribution in [2.24, 2.45) is 5.92 Å². The summed E-state index contributed by atoms with van der Waals surface area (Å²) >= 11 is 6.22. The van der Waals surface area contributed by atoms with E-state index in [0.29, 0.717) is 23.0 Å². The van der Waals surface area contributed by atoms with Gasteiger partial charge in [-0.25, -0.2) is 9.97 Å². The SMILES string of the molecule is CCC(CC)N(CC(C)C)c1cc(Cl)nc(C2CC2)n1. The van der Waals surface area contributed by atoms with Crippen LogP contribution in [-0.4, -0.2) is 22.6 Å². The number of anilines is 1. The lowest BCUT2D eigenvalue weighted by Gasteiger charge is -2.33. The molecule has 0 N–H and O–H groups in total. The van der Waals surface area contributed by atoms with E-state index in [9.17, 15) is 0 Å². The second-order valence-corrected chi connectivity index (χ2v) is 6.59. The van der Waals surface area contributed by atoms with Crippen LogP contribution in [0.3, 0.4) is 0 Å². The molecule has 0 atom stereocenters. The summed E-state index contributed by atoms with van der Waals surface area (Å²) in [6.07, 6.45) is 4.66. The van der Waals surface area contributed by atoms with E-state index >= 15 is 0 Å². The van der Waals surface area contributed by atoms with Crippen LogP contribution in [0.15, 0.2) is 6.07 Å². The van der Waals surface area contributed by atoms with E-state index in [2.05, 4.69) is 37.6 Å². The molecular formula is C16H26ClN3. The Hall–Kier alpha value is -0.830. The molecule has 0 aromatic carbocycles. The molecule has 0 unspecified atom stereocenters. The second-order valence-electron chi connectivity index (χ2n) is 6.20. The predicted octanol–water partition coefficient (Wildman–Crippen LogP) is 4.66. The first-order chi connectivity index (χ1) is 9.55. The molecular weight excluding hydrogens is 270 g/mol. The normalized spacial score (nSPS) is 15.2. The van der Waals surface area contributed by atoms with Gasteiger partial charge in [-0.15, -0.1) is 0 Å². The van der Waals surface area contributed by atoms with Crippen molar-refractivity contribution < 1.29 is 0 Å². The molecule has 1 saturated carbocycles. The van der Waals surface area contributed by atoms with E-state index in [1.54, 1.807) is 0 Å². The van der Waals surface area contributed by atoms with E-state index in [-0.39, 0.29) is 0 Å². The minimum absolute atomic E-state index is 0.524. The molecule has 0 spiro atoms. The maximum atomic E-state index is 6.22. The smallest absolute Gasteiger partial charge is 0.135 e. The molecule has 1 heterocycles. The van der Waals surface area contributed by atoms with Crippen molar-refractivity contribution in [1.29, 1.82) is 0 Å². The third kappa shape index (κ3) is 3.85. The van der Waals surface area contributed by atoms with Gasteiger partial charge in [-0.3, -0.25) is 0 Å². The quantitative estimate of drug-likeness (QED) is 0.685. The number of halogens is 1. The standard InChI is InChI=1S/C16H26ClN3/c1-5-13(6-2)20(10-11(3)4)15-9-14(17)18-16(19-15)12-7-8-12/h9,11-13H,5-8,10H2,1-4H3. The molecule has 112 valence electrons. The van der Waals surface area contributed by atoms with Crippen molar-refractivity contribution in [2.75, 3.05) is 11.4 Å². The fraction of sp³-hybridized carbons (Fsp3) is 0.750. The summed E-state index contributed by atoms with van der Waals surface area (Å²) in [5, 5.41) is 0.580. The van der Waals surface area contributed by atoms with Crippen LogP contribution in [0, 0.1) is 5.92 Å². The zero-order valence-corrected chi connectivity index (χ0v) is 13.8. The summed E-state index contributed by atoms with van der Waals surface area (Å²) in [5.41, 5.74) is 0. The number of aromatic nitrogens is 2. The van der Waals surface area contributed by atoms with Gasteiger partial charge in [0.25, 0.3) is 0 Å². The first-order valence-corrected chi connectivity index (χ1v) is 8.24. The van der Waals surface area contributed by atoms with Crippen molar-refractivity contribution >= 4 is 17.4 Å². The lowest BCUT2D eigenvalue weighted by Crippen LogP contribution is -2.38. The van der Waals surface area contributed by atoms with Gasteiger partial charge in [0, 0.05) is 24.6 Å². The number of rotatable bonds is 7. The van der Waals surface area contributed by atoms with Gasteiger partial charge >= 0.3 is 0 Å². The number of nitrogens with zero attached hydrogens (tertiary/aromatic N) is 3. The van der Waals surface area contributed by atoms with Gasteiger partial charge in [0.1, 0.15) is 16.8 Å². The molecule has 0 saturated heterocycles. The van der Waals surface area contributed by atoms with E-state index in [1.807, 2.05) is 6.07 Å². The summed E-state index contributed by atoms with van der Waals surface area (Å²) in [5.74, 6) is 3.09. The number of hydrogen-bond acceptors (Lipinski definition) is 3. The van der Waals surface area contributed by atoms with E-state index in [1.165, 1.54) is 12.8 Å². The maximum Gasteiger partial charge on any atom is 0.135 e. The van der Waals surface area contributed by atoms with Crippen molar-refractivity contribution in [3.05, 3.63) is 17.0 Å². The summed E-state index contributed by atoms with van der Waals surface area (Å²) in [6.45, 7) is 10.0. The van der Waals surface area contributed by atoms with Gasteiger partial charge in [0.05, 0.1) is 0 Å². The third-order valence-electron chi connectivity index (χ3n) is 3.88. The van der Waals surface area contributed by atoms with E-state index in [0.717, 1.165) is 31.0 Å². The minimum atomic E-state index is 0.524. The monoisotopic (exact) mass is 295 g/mol. The third-order valence-corrected chi connectivity index (χ3v) is 4.07. The molecule has 1 aromatic heterocycles. The molecule has 0 amide bonds. The van der Waals surface area contributed by atoms with Crippen molar-refractivity contribution in [1.82, 2.24) is 9.97 Å². The molecule has 3 nitrogen and oxygen atoms in total. The zero-order valence-electron chi connectivity index (χ0n) is 13.1. The first kappa shape index (κ1) is 15.6. The summed E-state index contributed by atoms with van der Waals surface area (Å²) in [7, 11) is 0. The van der Waals surface area contributed by atoms with E-state index < -0.39 is 0 Å². The summed E-state index contributed by atoms with van der Waals surface area (Å²) in [4.78, 5) is 11.6. The lowest BCUT2D eigenvalue weighted by molar-refractivity contribution is 0.502. The largest absolute Gasteiger partial charge is 0.353 e. The van der Waals surface area contributed by atoms with Crippen LogP contribution in [-0.2, 0) is 0 Å². The maximum absolute atomic E-state index is 6.22. The Morgan fingerprint density at radius 1 is 1.25 bits per heavy atom. The van der Waals surface area contributed by atoms with Crippen LogP contribution in [0.5, 0.6) is 0 Å². The average Bonchev–Trinajstić information content (AvgIpc) is 3.22. The Kier molecular flexibility index (Phi) is 5.25. The van der Waals surface area contributed by atoms with Crippen LogP contribution in [0.4, 0.5) is 5.82 Å². The highest BCUT2D eigenvalue weighted by Crippen LogP contribution is 2.39. The lowest BCUT2D eigenvalue weighted by atomic mass is 10.1. The second kappa shape index (κ2) is 6.75. The highest BCUT2D eigenvalue weighted by Gasteiger charge is 2.28. The molecule has 1 aromatic rings. The van der Waals surface area contributed by atoms with Gasteiger partial charge in [-0.2, -0.15) is 0 Å². The van der Waals surface area contributed by atoms with Gasteiger partial charge in [-0.1, -0.05) is 39.3 Å². The van der Waals surface area contributed by atoms with E-state index in [4.69, 9.17) is 16.6 Å². The molecule has 0 bridgehead atoms. The molecule has 0 radical (unpaired) electrons. The van der Waals surface area contributed by atoms with Gasteiger partial charge in [0.15, 0.2) is 0 Å². The minimum Gasteiger partial charge on any atom is -0.353 e. The topological polar surface area (TPSA) is 29.0 Å². The number of hydrogen-bond donors (Lipinski definition) is 0. The molecule has 1 aliphatic carbocycles. The Labute approximate surface area is 127 Å². The van der Waals surface area contributed by atoms with Crippen molar-refractivity contribution in [3.8, 4) is 0 Å². The first-order valence-electron chi connectivity index (χ1n) is 7.86. The highest BCUT2D eigenvalue weighted by molar-refractivity contribution is 6.29. The van der Waals surface area contributed by atoms with Gasteiger partial charge in [0.2, 0.25) is 0 Å². The molecule has 20 heavy (non-hydrogen) atoms. The molecule has 2 rings (SSSR count). The van der Waals surface area contributed by atoms with Crippen LogP contribution >= 0.6 is 11.6 Å². The van der Waals surface area contributed by atoms with Crippen LogP contribution in [0.1, 0.15) is 65.1 Å². The average molecular weight is 296 g/mol. The summed E-state index contributed by atoms with van der Waals surface area (Å²) in [6, 6.07) is 2.45. The Morgan fingerprint density at radius 3 is 2.40 bits per heavy atom. The Morgan fingerprint density at radius 2 is 1.90 bits per heavy atom. The van der Waals surface area contributed by atoms with Gasteiger partial charge < -0.3 is 4.90 Å². The Balaban J connectivity index is 2.31. The Bertz CT molecular complexity index is 439. The molecule has 4 heteroatoms. The summed E-state index contributed by atoms with van der Waals surface area (Å²) < 4.78 is 0. The molecule has 1 aliphatic rings. The van der Waals surface area contributed by atoms with Crippen LogP contribution in [0.25, 0.3) is 0 Å². The van der Waals surface area contributed by atoms with Crippen LogP contribution < -0.4 is 4.90 Å². The molecule has 0 aliphatic heterocycles. The van der Waals surface area contributed by atoms with Gasteiger partial charge in [-0.05, 0) is 31.6 Å². The van der Waals surface area contributed by atoms with Crippen LogP contribution in [0.2, 0.25) is 5.15 Å². The fourth-order valence-corrected chi connectivity index (χ4v) is 2.83. The highest BCUT2D eigenvalue weighted by atomic mass is 35.5. The fourth-order valence-electron chi connectivity index (χ4n) is 2.65. The van der Waals surface area contributed by atoms with Crippen molar-refractivity contribution in [2.45, 2.75) is 65.3 Å². The predicted molar refractivity (Wildman–Crippen MR) is 85.6 cm³/mol.